The number of nitrogens with zero attached hydrogens (tertiary/aromatic N) is 1. The number of halogens is 1. The summed E-state index contributed by atoms with van der Waals surface area (Å²) in [5.74, 6) is 0.371. The topological polar surface area (TPSA) is 63.4 Å². The van der Waals surface area contributed by atoms with Crippen molar-refractivity contribution in [3.8, 4) is 0 Å². The predicted octanol–water partition coefficient (Wildman–Crippen LogP) is 1.81. The van der Waals surface area contributed by atoms with Gasteiger partial charge in [-0.15, -0.1) is 0 Å². The lowest BCUT2D eigenvalue weighted by Gasteiger charge is -2.34. The molecule has 2 unspecified atom stereocenters. The lowest BCUT2D eigenvalue weighted by molar-refractivity contribution is 0.253. The van der Waals surface area contributed by atoms with Gasteiger partial charge in [-0.3, -0.25) is 0 Å². The van der Waals surface area contributed by atoms with E-state index in [4.69, 9.17) is 5.73 Å². The Balaban J connectivity index is 2.30. The number of hydrogen-bond donors (Lipinski definition) is 1. The molecule has 4 nitrogen and oxygen atoms in total. The Kier molecular flexibility index (Phi) is 4.11. The Morgan fingerprint density at radius 3 is 2.67 bits per heavy atom. The number of benzene rings is 1. The number of sulfonamides is 1. The summed E-state index contributed by atoms with van der Waals surface area (Å²) in [6.07, 6.45) is 0.810. The molecule has 1 aromatic carbocycles. The van der Waals surface area contributed by atoms with Crippen molar-refractivity contribution >= 4 is 26.0 Å². The smallest absolute Gasteiger partial charge is 0.244 e. The van der Waals surface area contributed by atoms with Crippen LogP contribution in [0.1, 0.15) is 13.3 Å². The van der Waals surface area contributed by atoms with Crippen molar-refractivity contribution in [3.63, 3.8) is 0 Å². The molecule has 0 amide bonds. The van der Waals surface area contributed by atoms with Crippen molar-refractivity contribution in [1.82, 2.24) is 4.31 Å². The zero-order valence-corrected chi connectivity index (χ0v) is 12.6. The molecular formula is C12H17BrN2O2S. The van der Waals surface area contributed by atoms with Crippen LogP contribution >= 0.6 is 15.9 Å². The highest BCUT2D eigenvalue weighted by Crippen LogP contribution is 2.27. The van der Waals surface area contributed by atoms with Crippen molar-refractivity contribution in [2.45, 2.75) is 24.3 Å². The van der Waals surface area contributed by atoms with Gasteiger partial charge in [0.25, 0.3) is 0 Å². The van der Waals surface area contributed by atoms with E-state index in [0.717, 1.165) is 6.42 Å². The van der Waals surface area contributed by atoms with E-state index in [0.29, 0.717) is 28.4 Å². The standard InChI is InChI=1S/C12H17BrN2O2S/c1-9-6-7-15(8-11(9)14)18(16,17)12-5-3-2-4-10(12)13/h2-5,9,11H,6-8,14H2,1H3. The molecule has 18 heavy (non-hydrogen) atoms. The fourth-order valence-electron chi connectivity index (χ4n) is 2.08. The molecule has 0 aromatic heterocycles. The first-order chi connectivity index (χ1) is 8.43. The number of rotatable bonds is 2. The highest BCUT2D eigenvalue weighted by molar-refractivity contribution is 9.10. The molecular weight excluding hydrogens is 316 g/mol. The maximum atomic E-state index is 12.5. The van der Waals surface area contributed by atoms with Gasteiger partial charge >= 0.3 is 0 Å². The quantitative estimate of drug-likeness (QED) is 0.898. The molecule has 1 fully saturated rings. The van der Waals surface area contributed by atoms with E-state index >= 15 is 0 Å². The van der Waals surface area contributed by atoms with Crippen LogP contribution in [-0.2, 0) is 10.0 Å². The van der Waals surface area contributed by atoms with Crippen molar-refractivity contribution in [2.75, 3.05) is 13.1 Å². The van der Waals surface area contributed by atoms with Gasteiger partial charge in [0.2, 0.25) is 10.0 Å². The van der Waals surface area contributed by atoms with Crippen molar-refractivity contribution in [3.05, 3.63) is 28.7 Å². The first kappa shape index (κ1) is 14.0. The zero-order valence-electron chi connectivity index (χ0n) is 10.2. The van der Waals surface area contributed by atoms with Crippen LogP contribution in [-0.4, -0.2) is 31.9 Å². The van der Waals surface area contributed by atoms with Crippen molar-refractivity contribution in [2.24, 2.45) is 11.7 Å². The van der Waals surface area contributed by atoms with Gasteiger partial charge in [0, 0.05) is 23.6 Å². The SMILES string of the molecule is CC1CCN(S(=O)(=O)c2ccccc2Br)CC1N. The van der Waals surface area contributed by atoms with Gasteiger partial charge in [-0.25, -0.2) is 8.42 Å². The molecule has 0 aliphatic carbocycles. The Hall–Kier alpha value is -0.430. The summed E-state index contributed by atoms with van der Waals surface area (Å²) in [6.45, 7) is 3.00. The second-order valence-corrected chi connectivity index (χ2v) is 7.48. The summed E-state index contributed by atoms with van der Waals surface area (Å²) in [7, 11) is -3.44. The predicted molar refractivity (Wildman–Crippen MR) is 74.7 cm³/mol. The first-order valence-corrected chi connectivity index (χ1v) is 8.16. The van der Waals surface area contributed by atoms with Crippen LogP contribution in [0.5, 0.6) is 0 Å². The Bertz CT molecular complexity index is 533. The second-order valence-electron chi connectivity index (χ2n) is 4.72. The maximum absolute atomic E-state index is 12.5. The maximum Gasteiger partial charge on any atom is 0.244 e. The van der Waals surface area contributed by atoms with Gasteiger partial charge < -0.3 is 5.73 Å². The average Bonchev–Trinajstić information content (AvgIpc) is 2.33. The van der Waals surface area contributed by atoms with Crippen LogP contribution in [0.3, 0.4) is 0 Å². The lowest BCUT2D eigenvalue weighted by Crippen LogP contribution is -2.49. The Labute approximate surface area is 116 Å². The van der Waals surface area contributed by atoms with Crippen LogP contribution in [0.4, 0.5) is 0 Å². The summed E-state index contributed by atoms with van der Waals surface area (Å²) in [6, 6.07) is 6.79. The van der Waals surface area contributed by atoms with Gasteiger partial charge in [0.15, 0.2) is 0 Å². The van der Waals surface area contributed by atoms with Crippen LogP contribution < -0.4 is 5.73 Å². The molecule has 0 bridgehead atoms. The minimum absolute atomic E-state index is 0.0870. The highest BCUT2D eigenvalue weighted by atomic mass is 79.9. The fourth-order valence-corrected chi connectivity index (χ4v) is 4.54. The molecule has 1 aromatic rings. The average molecular weight is 333 g/mol. The molecule has 2 rings (SSSR count). The summed E-state index contributed by atoms with van der Waals surface area (Å²) >= 11 is 3.29. The summed E-state index contributed by atoms with van der Waals surface area (Å²) in [5, 5.41) is 0. The van der Waals surface area contributed by atoms with Crippen LogP contribution in [0.15, 0.2) is 33.6 Å². The second kappa shape index (κ2) is 5.28. The van der Waals surface area contributed by atoms with E-state index in [1.54, 1.807) is 24.3 Å². The molecule has 1 aliphatic heterocycles. The third-order valence-corrected chi connectivity index (χ3v) is 6.31. The van der Waals surface area contributed by atoms with Gasteiger partial charge in [-0.05, 0) is 40.4 Å². The lowest BCUT2D eigenvalue weighted by atomic mass is 9.96. The van der Waals surface area contributed by atoms with Crippen LogP contribution in [0.25, 0.3) is 0 Å². The van der Waals surface area contributed by atoms with E-state index in [-0.39, 0.29) is 6.04 Å². The monoisotopic (exact) mass is 332 g/mol. The molecule has 1 heterocycles. The van der Waals surface area contributed by atoms with E-state index in [2.05, 4.69) is 22.9 Å². The zero-order chi connectivity index (χ0) is 13.3. The van der Waals surface area contributed by atoms with Crippen LogP contribution in [0.2, 0.25) is 0 Å². The number of piperidine rings is 1. The Morgan fingerprint density at radius 1 is 1.39 bits per heavy atom. The van der Waals surface area contributed by atoms with Crippen molar-refractivity contribution in [1.29, 1.82) is 0 Å². The normalized spacial score (nSPS) is 26.2. The highest BCUT2D eigenvalue weighted by Gasteiger charge is 2.32. The van der Waals surface area contributed by atoms with E-state index in [1.807, 2.05) is 0 Å². The molecule has 1 aliphatic rings. The minimum atomic E-state index is -3.44. The largest absolute Gasteiger partial charge is 0.326 e. The molecule has 0 spiro atoms. The molecule has 100 valence electrons. The van der Waals surface area contributed by atoms with E-state index in [9.17, 15) is 8.42 Å². The summed E-state index contributed by atoms with van der Waals surface area (Å²) in [5.41, 5.74) is 5.96. The van der Waals surface area contributed by atoms with Gasteiger partial charge in [0.05, 0.1) is 4.90 Å². The van der Waals surface area contributed by atoms with E-state index < -0.39 is 10.0 Å². The minimum Gasteiger partial charge on any atom is -0.326 e. The Morgan fingerprint density at radius 2 is 2.06 bits per heavy atom. The molecule has 0 radical (unpaired) electrons. The van der Waals surface area contributed by atoms with Gasteiger partial charge in [-0.2, -0.15) is 4.31 Å². The molecule has 2 atom stereocenters. The van der Waals surface area contributed by atoms with E-state index in [1.165, 1.54) is 4.31 Å². The van der Waals surface area contributed by atoms with Crippen LogP contribution in [0, 0.1) is 5.92 Å². The summed E-state index contributed by atoms with van der Waals surface area (Å²) in [4.78, 5) is 0.312. The number of nitrogens with two attached hydrogens (primary N) is 1. The first-order valence-electron chi connectivity index (χ1n) is 5.93. The molecule has 2 N–H and O–H groups in total. The molecule has 6 heteroatoms. The molecule has 1 saturated heterocycles. The number of hydrogen-bond acceptors (Lipinski definition) is 3. The third kappa shape index (κ3) is 2.61. The van der Waals surface area contributed by atoms with Gasteiger partial charge in [0.1, 0.15) is 0 Å². The van der Waals surface area contributed by atoms with Crippen molar-refractivity contribution < 1.29 is 8.42 Å². The fraction of sp³-hybridized carbons (Fsp3) is 0.500. The van der Waals surface area contributed by atoms with Gasteiger partial charge in [-0.1, -0.05) is 19.1 Å². The summed E-state index contributed by atoms with van der Waals surface area (Å²) < 4.78 is 27.1. The third-order valence-electron chi connectivity index (χ3n) is 3.43. The molecule has 0 saturated carbocycles.